The van der Waals surface area contributed by atoms with Gasteiger partial charge in [-0.05, 0) is 5.56 Å². The summed E-state index contributed by atoms with van der Waals surface area (Å²) in [6.45, 7) is 0.520. The van der Waals surface area contributed by atoms with E-state index in [0.29, 0.717) is 6.54 Å². The molecule has 5 nitrogen and oxygen atoms in total. The number of aromatic nitrogens is 3. The van der Waals surface area contributed by atoms with Gasteiger partial charge in [-0.2, -0.15) is 5.10 Å². The molecule has 0 aliphatic carbocycles. The summed E-state index contributed by atoms with van der Waals surface area (Å²) in [7, 11) is 0. The van der Waals surface area contributed by atoms with Gasteiger partial charge in [0, 0.05) is 0 Å². The molecule has 0 spiro atoms. The number of amides is 1. The number of hydrogen-bond acceptors (Lipinski definition) is 3. The second kappa shape index (κ2) is 6.16. The lowest BCUT2D eigenvalue weighted by molar-refractivity contribution is -0.119. The van der Waals surface area contributed by atoms with Gasteiger partial charge in [0.05, 0.1) is 12.6 Å². The normalized spacial score (nSPS) is 12.1. The fourth-order valence-electron chi connectivity index (χ4n) is 1.67. The molecule has 1 aromatic heterocycles. The first-order valence-electron chi connectivity index (χ1n) is 5.52. The Bertz CT molecular complexity index is 486. The third kappa shape index (κ3) is 3.30. The highest BCUT2D eigenvalue weighted by Gasteiger charge is 2.14. The van der Waals surface area contributed by atoms with Crippen LogP contribution in [0.5, 0.6) is 0 Å². The molecule has 0 radical (unpaired) electrons. The molecule has 0 saturated heterocycles. The van der Waals surface area contributed by atoms with E-state index >= 15 is 0 Å². The van der Waals surface area contributed by atoms with Crippen molar-refractivity contribution in [3.8, 4) is 0 Å². The molecule has 6 heteroatoms. The number of nitrogens with one attached hydrogen (secondary N) is 1. The predicted octanol–water partition coefficient (Wildman–Crippen LogP) is 1.37. The summed E-state index contributed by atoms with van der Waals surface area (Å²) in [6.07, 6.45) is 3.08. The van der Waals surface area contributed by atoms with Gasteiger partial charge >= 0.3 is 0 Å². The minimum Gasteiger partial charge on any atom is -0.346 e. The van der Waals surface area contributed by atoms with E-state index in [1.165, 1.54) is 6.33 Å². The van der Waals surface area contributed by atoms with Crippen LogP contribution in [0, 0.1) is 0 Å². The molecule has 1 heterocycles. The van der Waals surface area contributed by atoms with Crippen LogP contribution in [0.1, 0.15) is 11.6 Å². The first kappa shape index (κ1) is 12.6. The lowest BCUT2D eigenvalue weighted by Crippen LogP contribution is -2.32. The van der Waals surface area contributed by atoms with E-state index in [0.717, 1.165) is 5.56 Å². The zero-order valence-electron chi connectivity index (χ0n) is 9.66. The smallest absolute Gasteiger partial charge is 0.235 e. The van der Waals surface area contributed by atoms with E-state index in [-0.39, 0.29) is 17.8 Å². The van der Waals surface area contributed by atoms with E-state index in [9.17, 15) is 4.79 Å². The van der Waals surface area contributed by atoms with E-state index in [2.05, 4.69) is 15.4 Å². The molecule has 1 aromatic carbocycles. The van der Waals surface area contributed by atoms with Crippen LogP contribution in [-0.2, 0) is 11.3 Å². The zero-order valence-corrected chi connectivity index (χ0v) is 10.4. The monoisotopic (exact) mass is 264 g/mol. The summed E-state index contributed by atoms with van der Waals surface area (Å²) >= 11 is 5.52. The zero-order chi connectivity index (χ0) is 12.8. The molecule has 0 fully saturated rings. The third-order valence-corrected chi connectivity index (χ3v) is 2.74. The summed E-state index contributed by atoms with van der Waals surface area (Å²) in [5.41, 5.74) is 1.01. The number of hydrogen-bond donors (Lipinski definition) is 1. The Balaban J connectivity index is 2.15. The van der Waals surface area contributed by atoms with Gasteiger partial charge in [-0.1, -0.05) is 30.3 Å². The topological polar surface area (TPSA) is 59.8 Å². The second-order valence-electron chi connectivity index (χ2n) is 3.78. The average Bonchev–Trinajstić information content (AvgIpc) is 2.92. The number of benzene rings is 1. The highest BCUT2D eigenvalue weighted by molar-refractivity contribution is 6.27. The van der Waals surface area contributed by atoms with Gasteiger partial charge in [-0.15, -0.1) is 11.6 Å². The van der Waals surface area contributed by atoms with Gasteiger partial charge in [0.1, 0.15) is 18.5 Å². The molecule has 0 aliphatic heterocycles. The van der Waals surface area contributed by atoms with Crippen LogP contribution < -0.4 is 5.32 Å². The fourth-order valence-corrected chi connectivity index (χ4v) is 1.74. The molecule has 94 valence electrons. The number of rotatable bonds is 5. The van der Waals surface area contributed by atoms with Crippen molar-refractivity contribution in [3.05, 3.63) is 48.5 Å². The van der Waals surface area contributed by atoms with Crippen molar-refractivity contribution in [1.29, 1.82) is 0 Å². The summed E-state index contributed by atoms with van der Waals surface area (Å²) in [6, 6.07) is 9.53. The Morgan fingerprint density at radius 2 is 2.17 bits per heavy atom. The first-order valence-corrected chi connectivity index (χ1v) is 6.05. The Morgan fingerprint density at radius 3 is 2.78 bits per heavy atom. The third-order valence-electron chi connectivity index (χ3n) is 2.49. The van der Waals surface area contributed by atoms with Crippen molar-refractivity contribution in [2.45, 2.75) is 12.6 Å². The first-order chi connectivity index (χ1) is 8.79. The minimum atomic E-state index is -0.203. The van der Waals surface area contributed by atoms with Crippen molar-refractivity contribution in [2.24, 2.45) is 0 Å². The highest BCUT2D eigenvalue weighted by Crippen LogP contribution is 2.14. The Labute approximate surface area is 110 Å². The van der Waals surface area contributed by atoms with E-state index in [1.54, 1.807) is 11.0 Å². The van der Waals surface area contributed by atoms with Gasteiger partial charge in [0.15, 0.2) is 0 Å². The molecule has 1 unspecified atom stereocenters. The van der Waals surface area contributed by atoms with Crippen molar-refractivity contribution < 1.29 is 4.79 Å². The fraction of sp³-hybridized carbons (Fsp3) is 0.250. The summed E-state index contributed by atoms with van der Waals surface area (Å²) in [4.78, 5) is 15.3. The summed E-state index contributed by atoms with van der Waals surface area (Å²) < 4.78 is 1.67. The number of alkyl halides is 1. The largest absolute Gasteiger partial charge is 0.346 e. The average molecular weight is 265 g/mol. The van der Waals surface area contributed by atoms with Crippen LogP contribution in [0.4, 0.5) is 0 Å². The maximum Gasteiger partial charge on any atom is 0.235 e. The highest BCUT2D eigenvalue weighted by atomic mass is 35.5. The number of halogens is 1. The van der Waals surface area contributed by atoms with Crippen LogP contribution >= 0.6 is 11.6 Å². The van der Waals surface area contributed by atoms with Crippen LogP contribution in [0.3, 0.4) is 0 Å². The van der Waals surface area contributed by atoms with Gasteiger partial charge in [-0.25, -0.2) is 4.98 Å². The molecule has 1 amide bonds. The molecule has 18 heavy (non-hydrogen) atoms. The van der Waals surface area contributed by atoms with Crippen LogP contribution in [0.25, 0.3) is 0 Å². The molecule has 2 aromatic rings. The maximum atomic E-state index is 11.4. The predicted molar refractivity (Wildman–Crippen MR) is 68.1 cm³/mol. The second-order valence-corrected chi connectivity index (χ2v) is 4.05. The van der Waals surface area contributed by atoms with Crippen LogP contribution in [0.15, 0.2) is 43.0 Å². The molecule has 1 atom stereocenters. The molecule has 0 saturated carbocycles. The Hall–Kier alpha value is -1.88. The van der Waals surface area contributed by atoms with Gasteiger partial charge < -0.3 is 5.32 Å². The Kier molecular flexibility index (Phi) is 4.30. The maximum absolute atomic E-state index is 11.4. The van der Waals surface area contributed by atoms with E-state index in [4.69, 9.17) is 11.6 Å². The summed E-state index contributed by atoms with van der Waals surface area (Å²) in [5, 5.41) is 6.90. The molecule has 0 bridgehead atoms. The lowest BCUT2D eigenvalue weighted by atomic mass is 10.1. The van der Waals surface area contributed by atoms with Crippen LogP contribution in [0.2, 0.25) is 0 Å². The van der Waals surface area contributed by atoms with Crippen molar-refractivity contribution in [3.63, 3.8) is 0 Å². The van der Waals surface area contributed by atoms with E-state index in [1.807, 2.05) is 30.3 Å². The quantitative estimate of drug-likeness (QED) is 0.830. The van der Waals surface area contributed by atoms with Crippen molar-refractivity contribution in [2.75, 3.05) is 5.88 Å². The van der Waals surface area contributed by atoms with Gasteiger partial charge in [0.25, 0.3) is 0 Å². The molecular formula is C12H13ClN4O. The minimum absolute atomic E-state index is 0.0549. The molecule has 0 aliphatic rings. The lowest BCUT2D eigenvalue weighted by Gasteiger charge is -2.18. The Morgan fingerprint density at radius 1 is 1.39 bits per heavy atom. The number of nitrogens with zero attached hydrogens (tertiary/aromatic N) is 3. The molecule has 1 N–H and O–H groups in total. The van der Waals surface area contributed by atoms with Crippen molar-refractivity contribution in [1.82, 2.24) is 20.1 Å². The standard InChI is InChI=1S/C12H13ClN4O/c13-6-12(18)16-11(7-17-9-14-8-15-17)10-4-2-1-3-5-10/h1-5,8-9,11H,6-7H2,(H,16,18). The SMILES string of the molecule is O=C(CCl)NC(Cn1cncn1)c1ccccc1. The number of carbonyl (C=O) groups excluding carboxylic acids is 1. The summed E-state index contributed by atoms with van der Waals surface area (Å²) in [5.74, 6) is -0.258. The molecular weight excluding hydrogens is 252 g/mol. The molecule has 2 rings (SSSR count). The van der Waals surface area contributed by atoms with Gasteiger partial charge in [0.2, 0.25) is 5.91 Å². The van der Waals surface area contributed by atoms with Crippen molar-refractivity contribution >= 4 is 17.5 Å². The number of carbonyl (C=O) groups is 1. The van der Waals surface area contributed by atoms with Crippen LogP contribution in [-0.4, -0.2) is 26.6 Å². The van der Waals surface area contributed by atoms with E-state index < -0.39 is 0 Å². The van der Waals surface area contributed by atoms with Gasteiger partial charge in [-0.3, -0.25) is 9.48 Å².